The van der Waals surface area contributed by atoms with Crippen molar-refractivity contribution in [3.8, 4) is 0 Å². The lowest BCUT2D eigenvalue weighted by molar-refractivity contribution is -0.170. The number of hydrogen-bond acceptors (Lipinski definition) is 6. The SMILES string of the molecule is COC(=O)[C@H]1C(=O)C[C@](C)(O)[C@@H](C(=O)OC)[C@@H]1c1ccc(Cl)c(Cl)c1. The number of esters is 2. The lowest BCUT2D eigenvalue weighted by atomic mass is 9.62. The Morgan fingerprint density at radius 3 is 2.28 bits per heavy atom. The van der Waals surface area contributed by atoms with Gasteiger partial charge in [0.2, 0.25) is 0 Å². The van der Waals surface area contributed by atoms with E-state index in [9.17, 15) is 19.5 Å². The van der Waals surface area contributed by atoms with E-state index in [1.165, 1.54) is 26.2 Å². The van der Waals surface area contributed by atoms with Gasteiger partial charge in [0.1, 0.15) is 5.92 Å². The first-order chi connectivity index (χ1) is 11.6. The molecule has 0 amide bonds. The minimum atomic E-state index is -1.69. The lowest BCUT2D eigenvalue weighted by Crippen LogP contribution is -2.55. The molecule has 2 rings (SSSR count). The largest absolute Gasteiger partial charge is 0.469 e. The fraction of sp³-hybridized carbons (Fsp3) is 0.471. The number of ketones is 1. The third-order valence-electron chi connectivity index (χ3n) is 4.51. The van der Waals surface area contributed by atoms with Crippen molar-refractivity contribution in [1.29, 1.82) is 0 Å². The van der Waals surface area contributed by atoms with Crippen molar-refractivity contribution in [1.82, 2.24) is 0 Å². The highest BCUT2D eigenvalue weighted by Gasteiger charge is 2.56. The first-order valence-corrected chi connectivity index (χ1v) is 8.25. The lowest BCUT2D eigenvalue weighted by Gasteiger charge is -2.43. The van der Waals surface area contributed by atoms with Gasteiger partial charge in [-0.3, -0.25) is 14.4 Å². The molecule has 1 aliphatic rings. The van der Waals surface area contributed by atoms with Gasteiger partial charge in [-0.2, -0.15) is 0 Å². The van der Waals surface area contributed by atoms with Crippen LogP contribution in [-0.4, -0.2) is 42.6 Å². The summed E-state index contributed by atoms with van der Waals surface area (Å²) in [7, 11) is 2.33. The number of hydrogen-bond donors (Lipinski definition) is 1. The predicted octanol–water partition coefficient (Wildman–Crippen LogP) is 2.38. The number of Topliss-reactive ketones (excluding diaryl/α,β-unsaturated/α-hetero) is 1. The van der Waals surface area contributed by atoms with Crippen LogP contribution in [0.3, 0.4) is 0 Å². The van der Waals surface area contributed by atoms with Gasteiger partial charge in [-0.15, -0.1) is 0 Å². The van der Waals surface area contributed by atoms with E-state index in [4.69, 9.17) is 32.7 Å². The van der Waals surface area contributed by atoms with Crippen molar-refractivity contribution in [2.45, 2.75) is 24.9 Å². The Hall–Kier alpha value is -1.63. The number of halogens is 2. The summed E-state index contributed by atoms with van der Waals surface area (Å²) in [6.07, 6.45) is -0.371. The number of ether oxygens (including phenoxy) is 2. The van der Waals surface area contributed by atoms with Crippen LogP contribution in [0, 0.1) is 11.8 Å². The highest BCUT2D eigenvalue weighted by Crippen LogP contribution is 2.47. The number of methoxy groups -OCH3 is 2. The molecular weight excluding hydrogens is 371 g/mol. The zero-order chi connectivity index (χ0) is 18.9. The second-order valence-electron chi connectivity index (χ2n) is 6.20. The highest BCUT2D eigenvalue weighted by molar-refractivity contribution is 6.42. The smallest absolute Gasteiger partial charge is 0.316 e. The molecule has 136 valence electrons. The van der Waals surface area contributed by atoms with Gasteiger partial charge < -0.3 is 14.6 Å². The van der Waals surface area contributed by atoms with Crippen molar-refractivity contribution in [3.63, 3.8) is 0 Å². The predicted molar refractivity (Wildman–Crippen MR) is 90.5 cm³/mol. The van der Waals surface area contributed by atoms with Crippen molar-refractivity contribution in [2.75, 3.05) is 14.2 Å². The molecule has 1 fully saturated rings. The molecule has 0 bridgehead atoms. The molecule has 4 atom stereocenters. The molecule has 1 aromatic rings. The Morgan fingerprint density at radius 1 is 1.16 bits per heavy atom. The summed E-state index contributed by atoms with van der Waals surface area (Å²) in [5.41, 5.74) is -1.28. The van der Waals surface area contributed by atoms with Gasteiger partial charge in [-0.25, -0.2) is 0 Å². The van der Waals surface area contributed by atoms with Crippen LogP contribution in [0.4, 0.5) is 0 Å². The van der Waals surface area contributed by atoms with Crippen LogP contribution in [0.15, 0.2) is 18.2 Å². The molecule has 8 heteroatoms. The third kappa shape index (κ3) is 3.66. The maximum atomic E-state index is 12.5. The summed E-state index contributed by atoms with van der Waals surface area (Å²) >= 11 is 12.0. The van der Waals surface area contributed by atoms with Crippen molar-refractivity contribution in [3.05, 3.63) is 33.8 Å². The standard InChI is InChI=1S/C17H18Cl2O6/c1-17(23)7-11(20)13(15(21)24-2)12(14(17)16(22)25-3)8-4-5-9(18)10(19)6-8/h4-6,12-14,23H,7H2,1-3H3/t12-,13+,14-,17+/m1/s1. The van der Waals surface area contributed by atoms with E-state index in [1.54, 1.807) is 6.07 Å². The number of carbonyl (C=O) groups is 3. The van der Waals surface area contributed by atoms with Gasteiger partial charge in [-0.05, 0) is 24.6 Å². The average Bonchev–Trinajstić information content (AvgIpc) is 2.54. The van der Waals surface area contributed by atoms with Gasteiger partial charge in [0.15, 0.2) is 5.78 Å². The fourth-order valence-corrected chi connectivity index (χ4v) is 3.70. The summed E-state index contributed by atoms with van der Waals surface area (Å²) in [4.78, 5) is 37.2. The normalized spacial score (nSPS) is 29.2. The molecule has 1 N–H and O–H groups in total. The van der Waals surface area contributed by atoms with Crippen molar-refractivity contribution >= 4 is 40.9 Å². The van der Waals surface area contributed by atoms with Gasteiger partial charge in [0.05, 0.1) is 35.8 Å². The Bertz CT molecular complexity index is 715. The molecule has 0 saturated heterocycles. The zero-order valence-corrected chi connectivity index (χ0v) is 15.4. The third-order valence-corrected chi connectivity index (χ3v) is 5.25. The Labute approximate surface area is 155 Å². The number of aliphatic hydroxyl groups is 1. The van der Waals surface area contributed by atoms with E-state index in [2.05, 4.69) is 0 Å². The number of benzene rings is 1. The molecule has 0 heterocycles. The van der Waals surface area contributed by atoms with Gasteiger partial charge in [-0.1, -0.05) is 29.3 Å². The minimum Gasteiger partial charge on any atom is -0.469 e. The van der Waals surface area contributed by atoms with Crippen LogP contribution in [0.2, 0.25) is 10.0 Å². The second kappa shape index (κ2) is 7.32. The first-order valence-electron chi connectivity index (χ1n) is 7.49. The molecule has 0 spiro atoms. The highest BCUT2D eigenvalue weighted by atomic mass is 35.5. The van der Waals surface area contributed by atoms with E-state index in [-0.39, 0.29) is 16.5 Å². The maximum Gasteiger partial charge on any atom is 0.316 e. The Balaban J connectivity index is 2.68. The molecule has 1 saturated carbocycles. The van der Waals surface area contributed by atoms with Crippen LogP contribution in [0.25, 0.3) is 0 Å². The van der Waals surface area contributed by atoms with Crippen molar-refractivity contribution in [2.24, 2.45) is 11.8 Å². The molecule has 0 aromatic heterocycles. The van der Waals surface area contributed by atoms with Crippen LogP contribution in [0.5, 0.6) is 0 Å². The molecule has 0 radical (unpaired) electrons. The molecule has 0 aliphatic heterocycles. The number of carbonyl (C=O) groups excluding carboxylic acids is 3. The Kier molecular flexibility index (Phi) is 5.76. The van der Waals surface area contributed by atoms with Gasteiger partial charge >= 0.3 is 11.9 Å². The quantitative estimate of drug-likeness (QED) is 0.631. The summed E-state index contributed by atoms with van der Waals surface area (Å²) in [5.74, 6) is -5.45. The van der Waals surface area contributed by atoms with Gasteiger partial charge in [0, 0.05) is 12.3 Å². The van der Waals surface area contributed by atoms with Crippen LogP contribution in [-0.2, 0) is 23.9 Å². The average molecular weight is 389 g/mol. The molecule has 0 unspecified atom stereocenters. The molecular formula is C17H18Cl2O6. The van der Waals surface area contributed by atoms with Crippen molar-refractivity contribution < 1.29 is 29.0 Å². The summed E-state index contributed by atoms with van der Waals surface area (Å²) in [6, 6.07) is 4.52. The van der Waals surface area contributed by atoms with E-state index in [1.807, 2.05) is 0 Å². The molecule has 1 aromatic carbocycles. The van der Waals surface area contributed by atoms with Crippen LogP contribution >= 0.6 is 23.2 Å². The number of rotatable bonds is 3. The summed E-state index contributed by atoms with van der Waals surface area (Å²) < 4.78 is 9.55. The van der Waals surface area contributed by atoms with E-state index in [0.717, 1.165) is 7.11 Å². The van der Waals surface area contributed by atoms with E-state index < -0.39 is 41.1 Å². The van der Waals surface area contributed by atoms with E-state index >= 15 is 0 Å². The zero-order valence-electron chi connectivity index (χ0n) is 13.9. The van der Waals surface area contributed by atoms with E-state index in [0.29, 0.717) is 5.56 Å². The van der Waals surface area contributed by atoms with Crippen LogP contribution < -0.4 is 0 Å². The molecule has 1 aliphatic carbocycles. The first kappa shape index (κ1) is 19.7. The summed E-state index contributed by atoms with van der Waals surface area (Å²) in [5, 5.41) is 11.2. The molecule has 25 heavy (non-hydrogen) atoms. The van der Waals surface area contributed by atoms with Gasteiger partial charge in [0.25, 0.3) is 0 Å². The monoisotopic (exact) mass is 388 g/mol. The molecule has 6 nitrogen and oxygen atoms in total. The topological polar surface area (TPSA) is 89.9 Å². The van der Waals surface area contributed by atoms with Crippen LogP contribution in [0.1, 0.15) is 24.8 Å². The fourth-order valence-electron chi connectivity index (χ4n) is 3.39. The Morgan fingerprint density at radius 2 is 1.76 bits per heavy atom. The second-order valence-corrected chi connectivity index (χ2v) is 7.02. The summed E-state index contributed by atoms with van der Waals surface area (Å²) in [6.45, 7) is 1.37. The maximum absolute atomic E-state index is 12.5. The minimum absolute atomic E-state index is 0.198.